The highest BCUT2D eigenvalue weighted by atomic mass is 35.5. The van der Waals surface area contributed by atoms with E-state index in [1.54, 1.807) is 11.9 Å². The topological polar surface area (TPSA) is 52.7 Å². The van der Waals surface area contributed by atoms with Crippen LogP contribution < -0.4 is 5.32 Å². The van der Waals surface area contributed by atoms with Gasteiger partial charge in [0.15, 0.2) is 0 Å². The lowest BCUT2D eigenvalue weighted by Crippen LogP contribution is -2.51. The number of likely N-dealkylation sites (N-methyl/N-ethyl adjacent to an activating group) is 1. The van der Waals surface area contributed by atoms with Crippen LogP contribution in [0, 0.1) is 0 Å². The lowest BCUT2D eigenvalue weighted by molar-refractivity contribution is -0.140. The van der Waals surface area contributed by atoms with Gasteiger partial charge in [-0.25, -0.2) is 0 Å². The minimum atomic E-state index is -0.118. The predicted octanol–water partition coefficient (Wildman–Crippen LogP) is 1.71. The first-order valence-corrected chi connectivity index (χ1v) is 7.35. The lowest BCUT2D eigenvalue weighted by atomic mass is 10.0. The molecule has 122 valence electrons. The summed E-state index contributed by atoms with van der Waals surface area (Å²) in [5.74, 6) is -0.174. The van der Waals surface area contributed by atoms with Gasteiger partial charge in [-0.1, -0.05) is 29.8 Å². The molecular weight excluding hydrogens is 325 g/mol. The number of amides is 2. The molecule has 0 spiro atoms. The van der Waals surface area contributed by atoms with E-state index in [0.29, 0.717) is 18.1 Å². The highest BCUT2D eigenvalue weighted by Gasteiger charge is 2.29. The van der Waals surface area contributed by atoms with Gasteiger partial charge in [-0.3, -0.25) is 9.59 Å². The van der Waals surface area contributed by atoms with Crippen LogP contribution in [-0.4, -0.2) is 54.8 Å². The molecule has 0 radical (unpaired) electrons. The Labute approximate surface area is 142 Å². The normalized spacial score (nSPS) is 17.6. The summed E-state index contributed by atoms with van der Waals surface area (Å²) in [5, 5.41) is 3.94. The van der Waals surface area contributed by atoms with Crippen molar-refractivity contribution in [2.75, 3.05) is 33.2 Å². The van der Waals surface area contributed by atoms with E-state index in [4.69, 9.17) is 11.6 Å². The minimum Gasteiger partial charge on any atom is -0.337 e. The quantitative estimate of drug-likeness (QED) is 0.907. The number of halogens is 2. The molecule has 0 saturated carbocycles. The Balaban J connectivity index is 0.00000242. The van der Waals surface area contributed by atoms with Crippen molar-refractivity contribution >= 4 is 35.8 Å². The maximum absolute atomic E-state index is 12.5. The molecule has 0 aliphatic carbocycles. The monoisotopic (exact) mass is 345 g/mol. The van der Waals surface area contributed by atoms with Crippen molar-refractivity contribution in [2.24, 2.45) is 0 Å². The average molecular weight is 346 g/mol. The molecule has 1 heterocycles. The maximum atomic E-state index is 12.5. The summed E-state index contributed by atoms with van der Waals surface area (Å²) in [7, 11) is 1.63. The van der Waals surface area contributed by atoms with E-state index in [1.807, 2.05) is 24.3 Å². The van der Waals surface area contributed by atoms with E-state index in [1.165, 1.54) is 11.8 Å². The molecule has 1 aliphatic heterocycles. The fourth-order valence-electron chi connectivity index (χ4n) is 2.43. The van der Waals surface area contributed by atoms with Gasteiger partial charge >= 0.3 is 0 Å². The number of carbonyl (C=O) groups excluding carboxylic acids is 2. The summed E-state index contributed by atoms with van der Waals surface area (Å²) < 4.78 is 0. The van der Waals surface area contributed by atoms with Gasteiger partial charge in [0.25, 0.3) is 0 Å². The van der Waals surface area contributed by atoms with Crippen LogP contribution in [0.4, 0.5) is 0 Å². The Kier molecular flexibility index (Phi) is 7.13. The number of nitrogens with zero attached hydrogens (tertiary/aromatic N) is 2. The zero-order chi connectivity index (χ0) is 15.4. The molecule has 22 heavy (non-hydrogen) atoms. The zero-order valence-corrected chi connectivity index (χ0v) is 14.3. The Morgan fingerprint density at radius 2 is 2.09 bits per heavy atom. The molecule has 1 aromatic rings. The molecule has 1 unspecified atom stereocenters. The third-order valence-electron chi connectivity index (χ3n) is 3.74. The van der Waals surface area contributed by atoms with Gasteiger partial charge in [-0.05, 0) is 11.6 Å². The molecule has 1 atom stereocenters. The van der Waals surface area contributed by atoms with Gasteiger partial charge in [0.2, 0.25) is 11.8 Å². The second kappa shape index (κ2) is 8.36. The van der Waals surface area contributed by atoms with Crippen LogP contribution in [0.5, 0.6) is 0 Å². The Morgan fingerprint density at radius 1 is 1.41 bits per heavy atom. The molecule has 1 N–H and O–H groups in total. The first kappa shape index (κ1) is 18.7. The van der Waals surface area contributed by atoms with E-state index in [2.05, 4.69) is 5.32 Å². The largest absolute Gasteiger partial charge is 0.337 e. The smallest absolute Gasteiger partial charge is 0.242 e. The van der Waals surface area contributed by atoms with Crippen molar-refractivity contribution in [1.82, 2.24) is 15.1 Å². The van der Waals surface area contributed by atoms with E-state index in [-0.39, 0.29) is 36.8 Å². The molecule has 1 saturated heterocycles. The third kappa shape index (κ3) is 4.35. The van der Waals surface area contributed by atoms with Crippen molar-refractivity contribution < 1.29 is 9.59 Å². The summed E-state index contributed by atoms with van der Waals surface area (Å²) in [6, 6.07) is 7.46. The SMILES string of the molecule is CC(=O)N(C)CC(=O)N1CCNCC1c1ccccc1Cl.Cl. The van der Waals surface area contributed by atoms with Gasteiger partial charge < -0.3 is 15.1 Å². The fraction of sp³-hybridized carbons (Fsp3) is 0.467. The highest BCUT2D eigenvalue weighted by molar-refractivity contribution is 6.31. The number of carbonyl (C=O) groups is 2. The van der Waals surface area contributed by atoms with Crippen LogP contribution in [-0.2, 0) is 9.59 Å². The Bertz CT molecular complexity index is 539. The van der Waals surface area contributed by atoms with Gasteiger partial charge in [0.1, 0.15) is 0 Å². The van der Waals surface area contributed by atoms with Crippen LogP contribution in [0.1, 0.15) is 18.5 Å². The first-order chi connectivity index (χ1) is 10.0. The number of rotatable bonds is 3. The van der Waals surface area contributed by atoms with Gasteiger partial charge in [-0.2, -0.15) is 0 Å². The van der Waals surface area contributed by atoms with Crippen molar-refractivity contribution in [2.45, 2.75) is 13.0 Å². The second-order valence-electron chi connectivity index (χ2n) is 5.20. The number of benzene rings is 1. The maximum Gasteiger partial charge on any atom is 0.242 e. The summed E-state index contributed by atoms with van der Waals surface area (Å²) in [6.45, 7) is 3.57. The number of hydrogen-bond donors (Lipinski definition) is 1. The summed E-state index contributed by atoms with van der Waals surface area (Å²) >= 11 is 6.25. The van der Waals surface area contributed by atoms with Crippen LogP contribution in [0.15, 0.2) is 24.3 Å². The van der Waals surface area contributed by atoms with Crippen LogP contribution in [0.25, 0.3) is 0 Å². The molecule has 1 fully saturated rings. The van der Waals surface area contributed by atoms with Gasteiger partial charge in [-0.15, -0.1) is 12.4 Å². The molecule has 1 aliphatic rings. The zero-order valence-electron chi connectivity index (χ0n) is 12.7. The molecule has 5 nitrogen and oxygen atoms in total. The first-order valence-electron chi connectivity index (χ1n) is 6.97. The van der Waals surface area contributed by atoms with E-state index >= 15 is 0 Å². The van der Waals surface area contributed by atoms with Crippen LogP contribution in [0.3, 0.4) is 0 Å². The molecule has 1 aromatic carbocycles. The van der Waals surface area contributed by atoms with Crippen LogP contribution >= 0.6 is 24.0 Å². The Morgan fingerprint density at radius 3 is 2.73 bits per heavy atom. The molecule has 0 aromatic heterocycles. The summed E-state index contributed by atoms with van der Waals surface area (Å²) in [6.07, 6.45) is 0. The second-order valence-corrected chi connectivity index (χ2v) is 5.61. The van der Waals surface area contributed by atoms with E-state index in [9.17, 15) is 9.59 Å². The Hall–Kier alpha value is -1.30. The molecule has 0 bridgehead atoms. The van der Waals surface area contributed by atoms with Gasteiger partial charge in [0.05, 0.1) is 12.6 Å². The van der Waals surface area contributed by atoms with Crippen molar-refractivity contribution in [3.63, 3.8) is 0 Å². The number of piperazine rings is 1. The van der Waals surface area contributed by atoms with Crippen molar-refractivity contribution in [3.05, 3.63) is 34.9 Å². The minimum absolute atomic E-state index is 0. The standard InChI is InChI=1S/C15H20ClN3O2.ClH/c1-11(20)18(2)10-15(21)19-8-7-17-9-14(19)12-5-3-4-6-13(12)16;/h3-6,14,17H,7-10H2,1-2H3;1H. The van der Waals surface area contributed by atoms with Crippen LogP contribution in [0.2, 0.25) is 5.02 Å². The predicted molar refractivity (Wildman–Crippen MR) is 89.3 cm³/mol. The summed E-state index contributed by atoms with van der Waals surface area (Å²) in [4.78, 5) is 27.0. The molecule has 2 amide bonds. The van der Waals surface area contributed by atoms with Crippen molar-refractivity contribution in [1.29, 1.82) is 0 Å². The lowest BCUT2D eigenvalue weighted by Gasteiger charge is -2.37. The molecule has 7 heteroatoms. The molecule has 2 rings (SSSR count). The summed E-state index contributed by atoms with van der Waals surface area (Å²) in [5.41, 5.74) is 0.935. The van der Waals surface area contributed by atoms with Crippen molar-refractivity contribution in [3.8, 4) is 0 Å². The van der Waals surface area contributed by atoms with E-state index in [0.717, 1.165) is 12.1 Å². The van der Waals surface area contributed by atoms with E-state index < -0.39 is 0 Å². The molecular formula is C15H21Cl2N3O2. The van der Waals surface area contributed by atoms with Gasteiger partial charge in [0, 0.05) is 38.6 Å². The average Bonchev–Trinajstić information content (AvgIpc) is 2.47. The fourth-order valence-corrected chi connectivity index (χ4v) is 2.69. The highest BCUT2D eigenvalue weighted by Crippen LogP contribution is 2.28. The number of nitrogens with one attached hydrogen (secondary N) is 1. The number of hydrogen-bond acceptors (Lipinski definition) is 3. The third-order valence-corrected chi connectivity index (χ3v) is 4.08.